The molecule has 1 atom stereocenters. The van der Waals surface area contributed by atoms with Gasteiger partial charge in [-0.2, -0.15) is 0 Å². The van der Waals surface area contributed by atoms with Crippen LogP contribution in [0.4, 0.5) is 9.59 Å². The van der Waals surface area contributed by atoms with Crippen molar-refractivity contribution in [3.05, 3.63) is 76.0 Å². The number of carbonyl (C=O) groups excluding carboxylic acids is 4. The highest BCUT2D eigenvalue weighted by atomic mass is 16.6. The van der Waals surface area contributed by atoms with Crippen LogP contribution in [0.3, 0.4) is 0 Å². The van der Waals surface area contributed by atoms with Gasteiger partial charge in [0.2, 0.25) is 5.91 Å². The molecule has 2 amide bonds. The number of likely N-dealkylation sites (N-methyl/N-ethyl adjacent to an activating group) is 1. The summed E-state index contributed by atoms with van der Waals surface area (Å²) in [5.41, 5.74) is 1.21. The molecule has 0 radical (unpaired) electrons. The molecule has 3 aromatic rings. The Balaban J connectivity index is 1.95. The molecule has 12 heteroatoms. The molecule has 1 aromatic carbocycles. The molecule has 0 unspecified atom stereocenters. The molecule has 0 spiro atoms. The first-order valence-electron chi connectivity index (χ1n) is 15.7. The summed E-state index contributed by atoms with van der Waals surface area (Å²) in [6, 6.07) is 8.85. The van der Waals surface area contributed by atoms with Crippen LogP contribution in [-0.4, -0.2) is 87.7 Å². The first-order valence-corrected chi connectivity index (χ1v) is 15.7. The SMILES string of the molecule is CC(C)Cc1cccc2c1nc(Cn1cccc(CC(=O)[C@H](CC/C=C/C(=O)N(C)C)OC(=O)N(C)C)c1=O)n2C(=O)OC(C)(C)C. The number of rotatable bonds is 12. The number of benzene rings is 1. The van der Waals surface area contributed by atoms with Crippen LogP contribution in [0.2, 0.25) is 0 Å². The van der Waals surface area contributed by atoms with Gasteiger partial charge < -0.3 is 23.8 Å². The summed E-state index contributed by atoms with van der Waals surface area (Å²) in [6.07, 6.45) is 3.04. The maximum atomic E-state index is 13.7. The molecule has 2 aromatic heterocycles. The van der Waals surface area contributed by atoms with E-state index in [1.807, 2.05) is 12.1 Å². The fourth-order valence-electron chi connectivity index (χ4n) is 4.82. The summed E-state index contributed by atoms with van der Waals surface area (Å²) in [7, 11) is 6.27. The monoisotopic (exact) mass is 649 g/mol. The second-order valence-electron chi connectivity index (χ2n) is 13.3. The number of aromatic nitrogens is 3. The molecule has 0 aliphatic heterocycles. The lowest BCUT2D eigenvalue weighted by molar-refractivity contribution is -0.127. The number of Topliss-reactive ketones (excluding diaryl/α,β-unsaturated/α-hetero) is 1. The zero-order valence-corrected chi connectivity index (χ0v) is 28.9. The lowest BCUT2D eigenvalue weighted by atomic mass is 10.0. The number of fused-ring (bicyclic) bond motifs is 1. The second-order valence-corrected chi connectivity index (χ2v) is 13.3. The van der Waals surface area contributed by atoms with E-state index < -0.39 is 35.2 Å². The van der Waals surface area contributed by atoms with Crippen molar-refractivity contribution < 1.29 is 28.7 Å². The molecule has 0 bridgehead atoms. The van der Waals surface area contributed by atoms with E-state index in [-0.39, 0.29) is 30.9 Å². The van der Waals surface area contributed by atoms with Gasteiger partial charge in [-0.3, -0.25) is 14.4 Å². The first kappa shape index (κ1) is 36.7. The average Bonchev–Trinajstić information content (AvgIpc) is 3.34. The fourth-order valence-corrected chi connectivity index (χ4v) is 4.82. The van der Waals surface area contributed by atoms with Crippen molar-refractivity contribution in [1.29, 1.82) is 0 Å². The predicted molar refractivity (Wildman–Crippen MR) is 179 cm³/mol. The fraction of sp³-hybridized carbons (Fsp3) is 0.486. The number of pyridine rings is 1. The molecule has 0 saturated heterocycles. The van der Waals surface area contributed by atoms with E-state index in [9.17, 15) is 24.0 Å². The van der Waals surface area contributed by atoms with Crippen molar-refractivity contribution in [2.75, 3.05) is 28.2 Å². The molecule has 2 heterocycles. The highest BCUT2D eigenvalue weighted by Gasteiger charge is 2.27. The Morgan fingerprint density at radius 3 is 2.28 bits per heavy atom. The number of hydrogen-bond donors (Lipinski definition) is 0. The third-order valence-corrected chi connectivity index (χ3v) is 7.08. The van der Waals surface area contributed by atoms with Crippen molar-refractivity contribution in [2.45, 2.75) is 78.6 Å². The number of allylic oxidation sites excluding steroid dienone is 1. The molecule has 0 aliphatic carbocycles. The van der Waals surface area contributed by atoms with Gasteiger partial charge in [0.1, 0.15) is 11.4 Å². The van der Waals surface area contributed by atoms with Gasteiger partial charge >= 0.3 is 12.2 Å². The molecular weight excluding hydrogens is 602 g/mol. The van der Waals surface area contributed by atoms with Gasteiger partial charge in [-0.15, -0.1) is 0 Å². The molecule has 0 N–H and O–H groups in total. The zero-order valence-electron chi connectivity index (χ0n) is 28.9. The summed E-state index contributed by atoms with van der Waals surface area (Å²) in [5, 5.41) is 0. The van der Waals surface area contributed by atoms with Crippen LogP contribution < -0.4 is 5.56 Å². The van der Waals surface area contributed by atoms with Crippen molar-refractivity contribution in [3.63, 3.8) is 0 Å². The number of carbonyl (C=O) groups is 4. The summed E-state index contributed by atoms with van der Waals surface area (Å²) >= 11 is 0. The molecule has 0 saturated carbocycles. The van der Waals surface area contributed by atoms with Crippen LogP contribution >= 0.6 is 0 Å². The van der Waals surface area contributed by atoms with Crippen LogP contribution in [0, 0.1) is 5.92 Å². The number of amides is 2. The van der Waals surface area contributed by atoms with Gasteiger partial charge in [-0.1, -0.05) is 38.1 Å². The highest BCUT2D eigenvalue weighted by Crippen LogP contribution is 2.24. The van der Waals surface area contributed by atoms with E-state index in [0.717, 1.165) is 12.0 Å². The number of hydrogen-bond acceptors (Lipinski definition) is 8. The maximum Gasteiger partial charge on any atom is 0.420 e. The summed E-state index contributed by atoms with van der Waals surface area (Å²) in [5.74, 6) is -0.00104. The van der Waals surface area contributed by atoms with E-state index in [0.29, 0.717) is 29.2 Å². The Labute approximate surface area is 275 Å². The van der Waals surface area contributed by atoms with E-state index in [4.69, 9.17) is 14.5 Å². The minimum atomic E-state index is -1.13. The minimum Gasteiger partial charge on any atom is -0.443 e. The molecule has 0 aliphatic rings. The Kier molecular flexibility index (Phi) is 12.3. The minimum absolute atomic E-state index is 0.0559. The third-order valence-electron chi connectivity index (χ3n) is 7.08. The Morgan fingerprint density at radius 2 is 1.66 bits per heavy atom. The summed E-state index contributed by atoms with van der Waals surface area (Å²) < 4.78 is 14.0. The quantitative estimate of drug-likeness (QED) is 0.255. The van der Waals surface area contributed by atoms with Gasteiger partial charge in [0.15, 0.2) is 11.9 Å². The highest BCUT2D eigenvalue weighted by molar-refractivity contribution is 5.90. The number of ketones is 1. The smallest absolute Gasteiger partial charge is 0.420 e. The van der Waals surface area contributed by atoms with Gasteiger partial charge in [0.25, 0.3) is 5.56 Å². The second kappa shape index (κ2) is 15.7. The van der Waals surface area contributed by atoms with E-state index in [1.54, 1.807) is 65.3 Å². The van der Waals surface area contributed by atoms with Gasteiger partial charge in [-0.05, 0) is 69.7 Å². The Morgan fingerprint density at radius 1 is 0.979 bits per heavy atom. The van der Waals surface area contributed by atoms with Crippen molar-refractivity contribution in [2.24, 2.45) is 5.92 Å². The molecule has 12 nitrogen and oxygen atoms in total. The largest absolute Gasteiger partial charge is 0.443 e. The third kappa shape index (κ3) is 10.1. The standard InChI is InChI=1S/C35H47N5O7/c1-23(2)20-24-14-12-16-26-31(24)36-29(40(26)34(45)47-35(3,4)5)22-39-19-13-15-25(32(39)43)21-27(41)28(46-33(44)38(8)9)17-10-11-18-30(42)37(6)7/h11-16,18-19,23,28H,10,17,20-22H2,1-9H3/b18-11+/t28-/m0/s1. The van der Waals surface area contributed by atoms with Crippen LogP contribution in [0.1, 0.15) is 64.4 Å². The number of para-hydroxylation sites is 1. The molecule has 47 heavy (non-hydrogen) atoms. The van der Waals surface area contributed by atoms with Gasteiger partial charge in [0, 0.05) is 46.4 Å². The van der Waals surface area contributed by atoms with E-state index >= 15 is 0 Å². The topological polar surface area (TPSA) is 133 Å². The first-order chi connectivity index (χ1) is 22.0. The lowest BCUT2D eigenvalue weighted by Crippen LogP contribution is -2.35. The van der Waals surface area contributed by atoms with Crippen LogP contribution in [0.5, 0.6) is 0 Å². The normalized spacial score (nSPS) is 12.4. The van der Waals surface area contributed by atoms with E-state index in [2.05, 4.69) is 13.8 Å². The average molecular weight is 650 g/mol. The van der Waals surface area contributed by atoms with E-state index in [1.165, 1.54) is 39.1 Å². The summed E-state index contributed by atoms with van der Waals surface area (Å²) in [6.45, 7) is 9.49. The Bertz CT molecular complexity index is 1690. The van der Waals surface area contributed by atoms with Crippen molar-refractivity contribution in [1.82, 2.24) is 23.9 Å². The zero-order chi connectivity index (χ0) is 35.1. The Hall–Kier alpha value is -4.74. The predicted octanol–water partition coefficient (Wildman–Crippen LogP) is 4.83. The van der Waals surface area contributed by atoms with Crippen LogP contribution in [0.15, 0.2) is 53.5 Å². The lowest BCUT2D eigenvalue weighted by Gasteiger charge is -2.20. The number of nitrogens with zero attached hydrogens (tertiary/aromatic N) is 5. The molecule has 0 fully saturated rings. The molecule has 3 rings (SSSR count). The van der Waals surface area contributed by atoms with Crippen LogP contribution in [0.25, 0.3) is 11.0 Å². The maximum absolute atomic E-state index is 13.7. The number of ether oxygens (including phenoxy) is 2. The van der Waals surface area contributed by atoms with Crippen molar-refractivity contribution in [3.8, 4) is 0 Å². The molecule has 254 valence electrons. The van der Waals surface area contributed by atoms with Crippen LogP contribution in [-0.2, 0) is 38.4 Å². The van der Waals surface area contributed by atoms with Crippen molar-refractivity contribution >= 4 is 34.9 Å². The van der Waals surface area contributed by atoms with Gasteiger partial charge in [0.05, 0.1) is 17.6 Å². The number of imidazole rings is 1. The molecular formula is C35H47N5O7. The summed E-state index contributed by atoms with van der Waals surface area (Å²) in [4.78, 5) is 72.3. The van der Waals surface area contributed by atoms with Gasteiger partial charge in [-0.25, -0.2) is 19.1 Å².